The van der Waals surface area contributed by atoms with E-state index in [1.807, 2.05) is 18.2 Å². The SMILES string of the molecule is C=CCc1cc(CNC(=O)C2CCNC2)cc(OC)c1OC. The Bertz CT molecular complexity index is 537. The van der Waals surface area contributed by atoms with Gasteiger partial charge in [-0.3, -0.25) is 4.79 Å². The minimum Gasteiger partial charge on any atom is -0.493 e. The maximum Gasteiger partial charge on any atom is 0.224 e. The number of nitrogens with one attached hydrogen (secondary N) is 2. The van der Waals surface area contributed by atoms with E-state index in [0.29, 0.717) is 18.7 Å². The van der Waals surface area contributed by atoms with Crippen LogP contribution in [0.15, 0.2) is 24.8 Å². The molecule has 1 aromatic carbocycles. The Morgan fingerprint density at radius 2 is 2.27 bits per heavy atom. The summed E-state index contributed by atoms with van der Waals surface area (Å²) in [5.41, 5.74) is 2.00. The summed E-state index contributed by atoms with van der Waals surface area (Å²) in [5, 5.41) is 6.20. The fraction of sp³-hybridized carbons (Fsp3) is 0.471. The van der Waals surface area contributed by atoms with E-state index < -0.39 is 0 Å². The van der Waals surface area contributed by atoms with Gasteiger partial charge in [-0.1, -0.05) is 6.08 Å². The first-order chi connectivity index (χ1) is 10.7. The fourth-order valence-electron chi connectivity index (χ4n) is 2.73. The lowest BCUT2D eigenvalue weighted by Crippen LogP contribution is -2.31. The van der Waals surface area contributed by atoms with Gasteiger partial charge in [0.15, 0.2) is 11.5 Å². The number of hydrogen-bond acceptors (Lipinski definition) is 4. The monoisotopic (exact) mass is 304 g/mol. The van der Waals surface area contributed by atoms with Crippen molar-refractivity contribution in [2.24, 2.45) is 5.92 Å². The number of amides is 1. The number of rotatable bonds is 7. The molecule has 0 aromatic heterocycles. The Morgan fingerprint density at radius 3 is 2.86 bits per heavy atom. The van der Waals surface area contributed by atoms with Gasteiger partial charge in [0.25, 0.3) is 0 Å². The quantitative estimate of drug-likeness (QED) is 0.752. The third kappa shape index (κ3) is 3.80. The van der Waals surface area contributed by atoms with Gasteiger partial charge in [0.2, 0.25) is 5.91 Å². The molecule has 1 aliphatic rings. The highest BCUT2D eigenvalue weighted by atomic mass is 16.5. The smallest absolute Gasteiger partial charge is 0.224 e. The number of carbonyl (C=O) groups excluding carboxylic acids is 1. The van der Waals surface area contributed by atoms with Crippen molar-refractivity contribution in [2.45, 2.75) is 19.4 Å². The minimum atomic E-state index is 0.0767. The van der Waals surface area contributed by atoms with Crippen LogP contribution < -0.4 is 20.1 Å². The van der Waals surface area contributed by atoms with E-state index in [4.69, 9.17) is 9.47 Å². The molecule has 1 atom stereocenters. The van der Waals surface area contributed by atoms with Gasteiger partial charge in [-0.25, -0.2) is 0 Å². The van der Waals surface area contributed by atoms with Gasteiger partial charge < -0.3 is 20.1 Å². The third-order valence-corrected chi connectivity index (χ3v) is 3.88. The van der Waals surface area contributed by atoms with Gasteiger partial charge in [-0.15, -0.1) is 6.58 Å². The molecule has 22 heavy (non-hydrogen) atoms. The van der Waals surface area contributed by atoms with E-state index in [1.165, 1.54) is 0 Å². The summed E-state index contributed by atoms with van der Waals surface area (Å²) in [5.74, 6) is 1.57. The molecule has 0 aliphatic carbocycles. The summed E-state index contributed by atoms with van der Waals surface area (Å²) in [7, 11) is 3.24. The first kappa shape index (κ1) is 16.4. The van der Waals surface area contributed by atoms with Crippen LogP contribution in [-0.4, -0.2) is 33.2 Å². The lowest BCUT2D eigenvalue weighted by Gasteiger charge is -2.15. The summed E-state index contributed by atoms with van der Waals surface area (Å²) >= 11 is 0. The van der Waals surface area contributed by atoms with Crippen LogP contribution in [-0.2, 0) is 17.8 Å². The van der Waals surface area contributed by atoms with Crippen LogP contribution in [0, 0.1) is 5.92 Å². The van der Waals surface area contributed by atoms with E-state index in [1.54, 1.807) is 14.2 Å². The van der Waals surface area contributed by atoms with Crippen molar-refractivity contribution < 1.29 is 14.3 Å². The number of hydrogen-bond donors (Lipinski definition) is 2. The predicted octanol–water partition coefficient (Wildman–Crippen LogP) is 1.66. The van der Waals surface area contributed by atoms with E-state index in [-0.39, 0.29) is 11.8 Å². The molecule has 1 unspecified atom stereocenters. The van der Waals surface area contributed by atoms with Gasteiger partial charge in [0.1, 0.15) is 0 Å². The number of carbonyl (C=O) groups is 1. The molecule has 0 spiro atoms. The van der Waals surface area contributed by atoms with Crippen LogP contribution in [0.25, 0.3) is 0 Å². The van der Waals surface area contributed by atoms with E-state index in [9.17, 15) is 4.79 Å². The van der Waals surface area contributed by atoms with E-state index in [0.717, 1.165) is 36.4 Å². The topological polar surface area (TPSA) is 59.6 Å². The van der Waals surface area contributed by atoms with E-state index in [2.05, 4.69) is 17.2 Å². The number of ether oxygens (including phenoxy) is 2. The zero-order valence-electron chi connectivity index (χ0n) is 13.3. The van der Waals surface area contributed by atoms with Gasteiger partial charge in [-0.05, 0) is 37.1 Å². The normalized spacial score (nSPS) is 17.1. The molecular weight excluding hydrogens is 280 g/mol. The highest BCUT2D eigenvalue weighted by Crippen LogP contribution is 2.33. The van der Waals surface area contributed by atoms with Crippen molar-refractivity contribution in [2.75, 3.05) is 27.3 Å². The maximum atomic E-state index is 12.1. The molecule has 1 fully saturated rings. The minimum absolute atomic E-state index is 0.0767. The standard InChI is InChI=1S/C17H24N2O3/c1-4-5-13-8-12(9-15(21-2)16(13)22-3)10-19-17(20)14-6-7-18-11-14/h4,8-9,14,18H,1,5-7,10-11H2,2-3H3,(H,19,20). The fourth-order valence-corrected chi connectivity index (χ4v) is 2.73. The van der Waals surface area contributed by atoms with Crippen LogP contribution in [0.5, 0.6) is 11.5 Å². The summed E-state index contributed by atoms with van der Waals surface area (Å²) in [4.78, 5) is 12.1. The molecule has 1 saturated heterocycles. The van der Waals surface area contributed by atoms with Crippen molar-refractivity contribution in [3.05, 3.63) is 35.9 Å². The van der Waals surface area contributed by atoms with Crippen molar-refractivity contribution in [3.8, 4) is 11.5 Å². The second-order valence-corrected chi connectivity index (χ2v) is 5.39. The average Bonchev–Trinajstić information content (AvgIpc) is 3.06. The third-order valence-electron chi connectivity index (χ3n) is 3.88. The molecule has 0 radical (unpaired) electrons. The predicted molar refractivity (Wildman–Crippen MR) is 86.3 cm³/mol. The molecule has 0 bridgehead atoms. The molecule has 0 saturated carbocycles. The van der Waals surface area contributed by atoms with Gasteiger partial charge >= 0.3 is 0 Å². The zero-order valence-corrected chi connectivity index (χ0v) is 13.3. The first-order valence-corrected chi connectivity index (χ1v) is 7.52. The second-order valence-electron chi connectivity index (χ2n) is 5.39. The zero-order chi connectivity index (χ0) is 15.9. The molecule has 5 heteroatoms. The van der Waals surface area contributed by atoms with Crippen LogP contribution in [0.1, 0.15) is 17.5 Å². The summed E-state index contributed by atoms with van der Waals surface area (Å²) in [6, 6.07) is 3.93. The highest BCUT2D eigenvalue weighted by Gasteiger charge is 2.22. The summed E-state index contributed by atoms with van der Waals surface area (Å²) < 4.78 is 10.8. The maximum absolute atomic E-state index is 12.1. The van der Waals surface area contributed by atoms with Gasteiger partial charge in [0, 0.05) is 18.7 Å². The van der Waals surface area contributed by atoms with Crippen molar-refractivity contribution in [1.29, 1.82) is 0 Å². The molecule has 1 aromatic rings. The molecule has 2 rings (SSSR count). The average molecular weight is 304 g/mol. The van der Waals surface area contributed by atoms with Crippen molar-refractivity contribution in [1.82, 2.24) is 10.6 Å². The van der Waals surface area contributed by atoms with Crippen molar-refractivity contribution >= 4 is 5.91 Å². The Morgan fingerprint density at radius 1 is 1.45 bits per heavy atom. The summed E-state index contributed by atoms with van der Waals surface area (Å²) in [6.45, 7) is 5.93. The van der Waals surface area contributed by atoms with Crippen molar-refractivity contribution in [3.63, 3.8) is 0 Å². The lowest BCUT2D eigenvalue weighted by molar-refractivity contribution is -0.124. The summed E-state index contributed by atoms with van der Waals surface area (Å²) in [6.07, 6.45) is 3.41. The van der Waals surface area contributed by atoms with E-state index >= 15 is 0 Å². The van der Waals surface area contributed by atoms with Gasteiger partial charge in [0.05, 0.1) is 20.1 Å². The number of benzene rings is 1. The molecule has 1 amide bonds. The van der Waals surface area contributed by atoms with Crippen LogP contribution >= 0.6 is 0 Å². The molecule has 120 valence electrons. The molecule has 1 aliphatic heterocycles. The van der Waals surface area contributed by atoms with Crippen LogP contribution in [0.4, 0.5) is 0 Å². The first-order valence-electron chi connectivity index (χ1n) is 7.52. The molecule has 1 heterocycles. The van der Waals surface area contributed by atoms with Crippen LogP contribution in [0.2, 0.25) is 0 Å². The Balaban J connectivity index is 2.10. The molecular formula is C17H24N2O3. The Labute approximate surface area is 131 Å². The number of methoxy groups -OCH3 is 2. The van der Waals surface area contributed by atoms with Crippen LogP contribution in [0.3, 0.4) is 0 Å². The Kier molecular flexibility index (Phi) is 5.83. The highest BCUT2D eigenvalue weighted by molar-refractivity contribution is 5.79. The molecule has 5 nitrogen and oxygen atoms in total. The second kappa shape index (κ2) is 7.84. The number of allylic oxidation sites excluding steroid dienone is 1. The lowest BCUT2D eigenvalue weighted by atomic mass is 10.0. The van der Waals surface area contributed by atoms with Gasteiger partial charge in [-0.2, -0.15) is 0 Å². The Hall–Kier alpha value is -2.01. The molecule has 2 N–H and O–H groups in total. The largest absolute Gasteiger partial charge is 0.493 e.